The van der Waals surface area contributed by atoms with Crippen molar-refractivity contribution >= 4 is 20.3 Å². The monoisotopic (exact) mass is 216 g/mol. The van der Waals surface area contributed by atoms with Crippen LogP contribution in [0.3, 0.4) is 0 Å². The second-order valence-corrected chi connectivity index (χ2v) is 5.64. The average molecular weight is 215 g/mol. The third kappa shape index (κ3) is 2.32. The predicted octanol–water partition coefficient (Wildman–Crippen LogP) is 1.49. The maximum absolute atomic E-state index is 10.8. The van der Waals surface area contributed by atoms with Crippen LogP contribution < -0.4 is 0 Å². The molecule has 0 fully saturated rings. The molecule has 0 aliphatic carbocycles. The zero-order valence-electron chi connectivity index (χ0n) is 7.10. The summed E-state index contributed by atoms with van der Waals surface area (Å²) in [5.74, 6) is 0.278. The van der Waals surface area contributed by atoms with Gasteiger partial charge in [0.25, 0.3) is 0 Å². The van der Waals surface area contributed by atoms with E-state index in [1.807, 2.05) is 0 Å². The number of hydrogen-bond acceptors (Lipinski definition) is 1. The van der Waals surface area contributed by atoms with Gasteiger partial charge in [-0.05, 0) is 0 Å². The van der Waals surface area contributed by atoms with Gasteiger partial charge in [-0.1, -0.05) is 0 Å². The van der Waals surface area contributed by atoms with E-state index in [0.29, 0.717) is 20.9 Å². The van der Waals surface area contributed by atoms with E-state index in [0.717, 1.165) is 0 Å². The van der Waals surface area contributed by atoms with E-state index in [4.69, 9.17) is 0 Å². The van der Waals surface area contributed by atoms with Crippen molar-refractivity contribution < 1.29 is 4.79 Å². The molecule has 60 valence electrons. The Kier molecular flexibility index (Phi) is 2.69. The molecular formula is C9H12OSe. The summed E-state index contributed by atoms with van der Waals surface area (Å²) < 4.78 is 2.80. The number of carbonyl (C=O) groups excluding carboxylic acids is 1. The number of ketones is 1. The van der Waals surface area contributed by atoms with Crippen LogP contribution in [0.5, 0.6) is 0 Å². The van der Waals surface area contributed by atoms with Crippen molar-refractivity contribution in [2.24, 2.45) is 0 Å². The van der Waals surface area contributed by atoms with Gasteiger partial charge in [0.05, 0.1) is 0 Å². The minimum absolute atomic E-state index is 0.278. The van der Waals surface area contributed by atoms with Crippen molar-refractivity contribution in [3.8, 4) is 0 Å². The van der Waals surface area contributed by atoms with Gasteiger partial charge in [-0.2, -0.15) is 0 Å². The quantitative estimate of drug-likeness (QED) is 0.683. The first-order valence-corrected chi connectivity index (χ1v) is 5.36. The zero-order chi connectivity index (χ0) is 8.43. The molecule has 0 saturated heterocycles. The molecule has 1 heterocycles. The van der Waals surface area contributed by atoms with Crippen LogP contribution in [0, 0.1) is 13.8 Å². The van der Waals surface area contributed by atoms with Crippen molar-refractivity contribution in [2.75, 3.05) is 0 Å². The van der Waals surface area contributed by atoms with Gasteiger partial charge >= 0.3 is 72.8 Å². The van der Waals surface area contributed by atoms with Gasteiger partial charge in [-0.15, -0.1) is 0 Å². The van der Waals surface area contributed by atoms with Crippen LogP contribution in [0.25, 0.3) is 0 Å². The van der Waals surface area contributed by atoms with Crippen molar-refractivity contribution in [1.82, 2.24) is 0 Å². The Balaban J connectivity index is 2.81. The molecule has 0 bridgehead atoms. The molecule has 1 rings (SSSR count). The van der Waals surface area contributed by atoms with Gasteiger partial charge in [0.1, 0.15) is 0 Å². The number of rotatable bonds is 2. The summed E-state index contributed by atoms with van der Waals surface area (Å²) >= 11 is 0.468. The zero-order valence-corrected chi connectivity index (χ0v) is 8.81. The number of carbonyl (C=O) groups is 1. The second kappa shape index (κ2) is 3.38. The van der Waals surface area contributed by atoms with E-state index in [1.54, 1.807) is 6.92 Å². The summed E-state index contributed by atoms with van der Waals surface area (Å²) in [5, 5.41) is 0. The molecule has 0 aliphatic heterocycles. The van der Waals surface area contributed by atoms with E-state index < -0.39 is 0 Å². The van der Waals surface area contributed by atoms with Crippen molar-refractivity contribution in [1.29, 1.82) is 0 Å². The van der Waals surface area contributed by atoms with Crippen molar-refractivity contribution in [3.63, 3.8) is 0 Å². The molecule has 0 amide bonds. The topological polar surface area (TPSA) is 17.1 Å². The fourth-order valence-corrected chi connectivity index (χ4v) is 3.34. The van der Waals surface area contributed by atoms with E-state index in [2.05, 4.69) is 19.9 Å². The van der Waals surface area contributed by atoms with Gasteiger partial charge in [0.15, 0.2) is 0 Å². The molecule has 11 heavy (non-hydrogen) atoms. The minimum atomic E-state index is 0.278. The molecule has 0 saturated carbocycles. The standard InChI is InChI=1S/C9H12OSe/c1-6-4-9(5-7(2)10)11-8(6)3/h4H,5H2,1-3H3. The Labute approximate surface area is 73.2 Å². The Morgan fingerprint density at radius 1 is 1.55 bits per heavy atom. The van der Waals surface area contributed by atoms with Crippen LogP contribution in [0.1, 0.15) is 21.4 Å². The molecule has 0 aliphatic rings. The van der Waals surface area contributed by atoms with Crippen LogP contribution in [-0.2, 0) is 11.2 Å². The average Bonchev–Trinajstić information content (AvgIpc) is 2.10. The molecule has 0 N–H and O–H groups in total. The summed E-state index contributed by atoms with van der Waals surface area (Å²) in [4.78, 5) is 10.8. The summed E-state index contributed by atoms with van der Waals surface area (Å²) in [6.45, 7) is 5.92. The SMILES string of the molecule is CC(=O)Cc1cc(C)c(C)[se]1. The normalized spacial score (nSPS) is 10.1. The van der Waals surface area contributed by atoms with Gasteiger partial charge in [0.2, 0.25) is 0 Å². The summed E-state index contributed by atoms with van der Waals surface area (Å²) in [6, 6.07) is 2.16. The van der Waals surface area contributed by atoms with Crippen LogP contribution in [-0.4, -0.2) is 20.3 Å². The van der Waals surface area contributed by atoms with E-state index in [9.17, 15) is 4.79 Å². The first kappa shape index (κ1) is 8.76. The van der Waals surface area contributed by atoms with E-state index in [1.165, 1.54) is 14.4 Å². The fourth-order valence-electron chi connectivity index (χ4n) is 0.982. The van der Waals surface area contributed by atoms with Crippen LogP contribution in [0.4, 0.5) is 0 Å². The fraction of sp³-hybridized carbons (Fsp3) is 0.444. The molecule has 0 aromatic carbocycles. The second-order valence-electron chi connectivity index (χ2n) is 2.83. The van der Waals surface area contributed by atoms with E-state index in [-0.39, 0.29) is 5.78 Å². The van der Waals surface area contributed by atoms with Gasteiger partial charge in [-0.3, -0.25) is 0 Å². The third-order valence-electron chi connectivity index (χ3n) is 1.64. The molecule has 2 heteroatoms. The van der Waals surface area contributed by atoms with Gasteiger partial charge < -0.3 is 0 Å². The van der Waals surface area contributed by atoms with Gasteiger partial charge in [0, 0.05) is 0 Å². The van der Waals surface area contributed by atoms with Crippen molar-refractivity contribution in [3.05, 3.63) is 20.5 Å². The summed E-state index contributed by atoms with van der Waals surface area (Å²) in [7, 11) is 0. The molecule has 1 nitrogen and oxygen atoms in total. The molecule has 1 aromatic rings. The van der Waals surface area contributed by atoms with Crippen LogP contribution >= 0.6 is 0 Å². The summed E-state index contributed by atoms with van der Waals surface area (Å²) in [5.41, 5.74) is 1.36. The first-order valence-electron chi connectivity index (χ1n) is 3.65. The number of Topliss-reactive ketones (excluding diaryl/α,β-unsaturated/α-hetero) is 1. The molecule has 0 unspecified atom stereocenters. The Morgan fingerprint density at radius 3 is 2.55 bits per heavy atom. The van der Waals surface area contributed by atoms with E-state index >= 15 is 0 Å². The Hall–Kier alpha value is -0.331. The van der Waals surface area contributed by atoms with Gasteiger partial charge in [-0.25, -0.2) is 0 Å². The molecular weight excluding hydrogens is 203 g/mol. The third-order valence-corrected chi connectivity index (χ3v) is 4.06. The van der Waals surface area contributed by atoms with Crippen LogP contribution in [0.15, 0.2) is 6.07 Å². The molecule has 0 spiro atoms. The summed E-state index contributed by atoms with van der Waals surface area (Å²) in [6.07, 6.45) is 0.661. The number of hydrogen-bond donors (Lipinski definition) is 0. The Bertz CT molecular complexity index is 254. The molecule has 0 atom stereocenters. The number of aryl methyl sites for hydroxylation is 2. The maximum atomic E-state index is 10.8. The van der Waals surface area contributed by atoms with Crippen molar-refractivity contribution in [2.45, 2.75) is 27.2 Å². The first-order chi connectivity index (χ1) is 5.09. The predicted molar refractivity (Wildman–Crippen MR) is 47.2 cm³/mol. The molecule has 0 radical (unpaired) electrons. The van der Waals surface area contributed by atoms with Crippen LogP contribution in [0.2, 0.25) is 0 Å². The Morgan fingerprint density at radius 2 is 2.18 bits per heavy atom. The molecule has 1 aromatic heterocycles.